The van der Waals surface area contributed by atoms with Gasteiger partial charge in [-0.1, -0.05) is 0 Å². The van der Waals surface area contributed by atoms with Gasteiger partial charge >= 0.3 is 108 Å². The molecule has 0 heterocycles. The van der Waals surface area contributed by atoms with Crippen LogP contribution in [-0.2, 0) is 4.74 Å². The number of hydrogen-bond acceptors (Lipinski definition) is 5. The maximum absolute atomic E-state index is 9.36. The van der Waals surface area contributed by atoms with Gasteiger partial charge < -0.3 is 19.7 Å². The summed E-state index contributed by atoms with van der Waals surface area (Å²) in [4.78, 5) is 17.7. The van der Waals surface area contributed by atoms with Crippen LogP contribution in [0.4, 0.5) is 9.59 Å². The number of halogens is 1. The Hall–Kier alpha value is 2.30. The predicted molar refractivity (Wildman–Crippen MR) is 23.7 cm³/mol. The van der Waals surface area contributed by atoms with Crippen molar-refractivity contribution >= 4 is 23.2 Å². The van der Waals surface area contributed by atoms with Gasteiger partial charge in [0.15, 0.2) is 0 Å². The van der Waals surface area contributed by atoms with Crippen LogP contribution in [0.25, 0.3) is 0 Å². The Morgan fingerprint density at radius 1 is 1.27 bits per heavy atom. The quantitative estimate of drug-likeness (QED) is 0.306. The van der Waals surface area contributed by atoms with E-state index in [-0.39, 0.29) is 103 Å². The van der Waals surface area contributed by atoms with Crippen molar-refractivity contribution in [1.29, 1.82) is 0 Å². The third-order valence-corrected chi connectivity index (χ3v) is 0.315. The Kier molecular flexibility index (Phi) is 38.4. The van der Waals surface area contributed by atoms with Crippen LogP contribution < -0.4 is 113 Å². The van der Waals surface area contributed by atoms with Crippen molar-refractivity contribution in [3.05, 3.63) is 0 Å². The van der Waals surface area contributed by atoms with E-state index in [1.54, 1.807) is 0 Å². The van der Waals surface area contributed by atoms with Crippen molar-refractivity contribution in [2.75, 3.05) is 7.11 Å². The van der Waals surface area contributed by atoms with Crippen LogP contribution in [0, 0.1) is 0 Å². The smallest absolute Gasteiger partial charge is 0.652 e. The van der Waals surface area contributed by atoms with E-state index in [1.165, 1.54) is 7.11 Å². The molecule has 0 aliphatic carbocycles. The number of hydrogen-bond donors (Lipinski definition) is 0. The molecule has 0 rings (SSSR count). The van der Waals surface area contributed by atoms with Crippen molar-refractivity contribution in [3.8, 4) is 0 Å². The van der Waals surface area contributed by atoms with Crippen LogP contribution in [0.15, 0.2) is 0 Å². The van der Waals surface area contributed by atoms with E-state index in [2.05, 4.69) is 16.3 Å². The van der Waals surface area contributed by atoms with Crippen molar-refractivity contribution in [2.45, 2.75) is 0 Å². The van der Waals surface area contributed by atoms with Gasteiger partial charge in [-0.3, -0.25) is 0 Å². The summed E-state index contributed by atoms with van der Waals surface area (Å²) in [6.45, 7) is 0. The second-order valence-electron chi connectivity index (χ2n) is 0.692. The summed E-state index contributed by atoms with van der Waals surface area (Å²) in [7, 11) is 1.22. The van der Waals surface area contributed by atoms with Gasteiger partial charge in [0.1, 0.15) is 0 Å². The minimum Gasteiger partial charge on any atom is -0.652 e. The van der Waals surface area contributed by atoms with Gasteiger partial charge in [0.25, 0.3) is 0 Å². The summed E-state index contributed by atoms with van der Waals surface area (Å²) in [6.07, 6.45) is -2.33. The molecule has 0 amide bonds. The molecule has 5 nitrogen and oxygen atoms in total. The van der Waals surface area contributed by atoms with Gasteiger partial charge in [-0.2, -0.15) is 0 Å². The molecule has 0 bridgehead atoms. The maximum Gasteiger partial charge on any atom is 1.00 e. The molecular formula is C3H3ClK2O5. The van der Waals surface area contributed by atoms with Gasteiger partial charge in [0, 0.05) is 11.6 Å². The zero-order chi connectivity index (χ0) is 7.86. The zero-order valence-corrected chi connectivity index (χ0v) is 13.4. The van der Waals surface area contributed by atoms with Crippen LogP contribution in [0.5, 0.6) is 0 Å². The monoisotopic (exact) mass is 232 g/mol. The summed E-state index contributed by atoms with van der Waals surface area (Å²) >= 11 is 4.60. The molecule has 0 N–H and O–H groups in total. The summed E-state index contributed by atoms with van der Waals surface area (Å²) in [5.74, 6) is 0. The molecule has 0 aromatic rings. The molecule has 0 fully saturated rings. The summed E-state index contributed by atoms with van der Waals surface area (Å²) in [5.41, 5.74) is -0.773. The van der Waals surface area contributed by atoms with E-state index in [4.69, 9.17) is 15.0 Å². The SMILES string of the molecule is COC(=O)Cl.O=C([O-])[O-].[K+].[K+]. The second-order valence-corrected chi connectivity index (χ2v) is 1.00. The molecule has 0 radical (unpaired) electrons. The number of methoxy groups -OCH3 is 1. The van der Waals surface area contributed by atoms with Crippen LogP contribution in [0.3, 0.4) is 0 Å². The number of carbonyl (C=O) groups is 2. The van der Waals surface area contributed by atoms with Gasteiger partial charge in [-0.15, -0.1) is 0 Å². The van der Waals surface area contributed by atoms with Crippen molar-refractivity contribution < 1.29 is 127 Å². The van der Waals surface area contributed by atoms with E-state index >= 15 is 0 Å². The van der Waals surface area contributed by atoms with Crippen molar-refractivity contribution in [3.63, 3.8) is 0 Å². The molecule has 0 saturated heterocycles. The van der Waals surface area contributed by atoms with E-state index in [0.717, 1.165) is 0 Å². The average molecular weight is 233 g/mol. The third kappa shape index (κ3) is 70.5. The molecule has 0 atom stereocenters. The van der Waals surface area contributed by atoms with Gasteiger partial charge in [-0.25, -0.2) is 4.79 Å². The van der Waals surface area contributed by atoms with E-state index in [9.17, 15) is 4.79 Å². The largest absolute Gasteiger partial charge is 1.00 e. The molecule has 11 heavy (non-hydrogen) atoms. The number of carbonyl (C=O) groups excluding carboxylic acids is 2. The zero-order valence-electron chi connectivity index (χ0n) is 6.42. The molecular weight excluding hydrogens is 230 g/mol. The summed E-state index contributed by atoms with van der Waals surface area (Å²) in [5, 5.41) is 16.7. The van der Waals surface area contributed by atoms with Crippen LogP contribution in [0.2, 0.25) is 0 Å². The van der Waals surface area contributed by atoms with Crippen LogP contribution in [-0.4, -0.2) is 18.7 Å². The number of rotatable bonds is 0. The van der Waals surface area contributed by atoms with Crippen molar-refractivity contribution in [2.24, 2.45) is 0 Å². The first-order valence-corrected chi connectivity index (χ1v) is 2.00. The average Bonchev–Trinajstić information content (AvgIpc) is 1.65. The standard InChI is InChI=1S/C2H3ClO2.CH2O3.2K/c1-5-2(3)4;2-1(3)4;;/h1H3;(H2,2,3,4);;/q;;2*+1/p-2. The maximum atomic E-state index is 9.36. The molecule has 0 aliphatic rings. The molecule has 0 aliphatic heterocycles. The van der Waals surface area contributed by atoms with E-state index < -0.39 is 11.6 Å². The number of ether oxygens (including phenoxy) is 1. The first kappa shape index (κ1) is 23.3. The fourth-order valence-electron chi connectivity index (χ4n) is 0. The predicted octanol–water partition coefficient (Wildman–Crippen LogP) is -7.45. The molecule has 0 unspecified atom stereocenters. The Labute approximate surface area is 154 Å². The Morgan fingerprint density at radius 2 is 1.36 bits per heavy atom. The fraction of sp³-hybridized carbons (Fsp3) is 0.333. The minimum atomic E-state index is -2.33. The fourth-order valence-corrected chi connectivity index (χ4v) is 0. The molecule has 54 valence electrons. The number of carboxylic acid groups (broad SMARTS) is 2. The molecule has 0 spiro atoms. The van der Waals surface area contributed by atoms with Gasteiger partial charge in [0.2, 0.25) is 0 Å². The van der Waals surface area contributed by atoms with Gasteiger partial charge in [0.05, 0.1) is 7.11 Å². The normalized spacial score (nSPS) is 5.27. The van der Waals surface area contributed by atoms with Crippen LogP contribution >= 0.6 is 11.6 Å². The first-order valence-electron chi connectivity index (χ1n) is 1.62. The molecule has 0 saturated carbocycles. The van der Waals surface area contributed by atoms with Crippen molar-refractivity contribution in [1.82, 2.24) is 0 Å². The Morgan fingerprint density at radius 3 is 1.36 bits per heavy atom. The van der Waals surface area contributed by atoms with E-state index in [1.807, 2.05) is 0 Å². The van der Waals surface area contributed by atoms with E-state index in [0.29, 0.717) is 0 Å². The van der Waals surface area contributed by atoms with Crippen LogP contribution in [0.1, 0.15) is 0 Å². The minimum absolute atomic E-state index is 0. The summed E-state index contributed by atoms with van der Waals surface area (Å²) < 4.78 is 3.88. The molecule has 0 aromatic heterocycles. The first-order chi connectivity index (χ1) is 4.00. The second kappa shape index (κ2) is 18.2. The molecule has 8 heteroatoms. The topological polar surface area (TPSA) is 89.5 Å². The van der Waals surface area contributed by atoms with Gasteiger partial charge in [-0.05, 0) is 6.16 Å². The summed E-state index contributed by atoms with van der Waals surface area (Å²) in [6, 6.07) is 0. The Bertz CT molecular complexity index is 104. The third-order valence-electron chi connectivity index (χ3n) is 0.160. The Balaban J connectivity index is -0.0000000383. The molecule has 0 aromatic carbocycles.